The standard InChI is InChI=1S/C16H26N2O2S/c1-4-16(17)14-6-5-7-15(11-14)21(19,20)18-9-8-12(2)10-13(18)3/h5-7,11-13,16H,4,8-10,17H2,1-3H3. The zero-order chi connectivity index (χ0) is 15.6. The third kappa shape index (κ3) is 3.47. The summed E-state index contributed by atoms with van der Waals surface area (Å²) in [6, 6.07) is 7.03. The van der Waals surface area contributed by atoms with Crippen molar-refractivity contribution in [3.63, 3.8) is 0 Å². The third-order valence-electron chi connectivity index (χ3n) is 4.41. The summed E-state index contributed by atoms with van der Waals surface area (Å²) in [6.07, 6.45) is 2.65. The van der Waals surface area contributed by atoms with E-state index in [9.17, 15) is 8.42 Å². The maximum Gasteiger partial charge on any atom is 0.243 e. The van der Waals surface area contributed by atoms with E-state index in [0.29, 0.717) is 17.4 Å². The lowest BCUT2D eigenvalue weighted by Gasteiger charge is -2.35. The highest BCUT2D eigenvalue weighted by atomic mass is 32.2. The molecule has 5 heteroatoms. The molecule has 1 aromatic carbocycles. The summed E-state index contributed by atoms with van der Waals surface area (Å²) in [4.78, 5) is 0.366. The van der Waals surface area contributed by atoms with Crippen molar-refractivity contribution >= 4 is 10.0 Å². The maximum absolute atomic E-state index is 12.9. The SMILES string of the molecule is CCC(N)c1cccc(S(=O)(=O)N2CCC(C)CC2C)c1. The molecule has 0 aromatic heterocycles. The van der Waals surface area contributed by atoms with Gasteiger partial charge in [-0.15, -0.1) is 0 Å². The third-order valence-corrected chi connectivity index (χ3v) is 6.42. The highest BCUT2D eigenvalue weighted by Gasteiger charge is 2.33. The zero-order valence-electron chi connectivity index (χ0n) is 13.1. The van der Waals surface area contributed by atoms with Gasteiger partial charge in [-0.3, -0.25) is 0 Å². The molecule has 0 radical (unpaired) electrons. The summed E-state index contributed by atoms with van der Waals surface area (Å²) in [5, 5.41) is 0. The van der Waals surface area contributed by atoms with Gasteiger partial charge in [0.15, 0.2) is 0 Å². The topological polar surface area (TPSA) is 63.4 Å². The smallest absolute Gasteiger partial charge is 0.243 e. The minimum Gasteiger partial charge on any atom is -0.324 e. The second kappa shape index (κ2) is 6.46. The molecule has 2 rings (SSSR count). The highest BCUT2D eigenvalue weighted by Crippen LogP contribution is 2.29. The molecule has 1 heterocycles. The van der Waals surface area contributed by atoms with E-state index in [1.54, 1.807) is 22.5 Å². The van der Waals surface area contributed by atoms with Crippen LogP contribution in [0, 0.1) is 5.92 Å². The Balaban J connectivity index is 2.31. The number of hydrogen-bond donors (Lipinski definition) is 1. The minimum atomic E-state index is -3.42. The van der Waals surface area contributed by atoms with Crippen molar-refractivity contribution in [3.05, 3.63) is 29.8 Å². The second-order valence-corrected chi connectivity index (χ2v) is 8.07. The molecule has 0 bridgehead atoms. The summed E-state index contributed by atoms with van der Waals surface area (Å²) in [5.74, 6) is 0.589. The quantitative estimate of drug-likeness (QED) is 0.930. The average Bonchev–Trinajstić information content (AvgIpc) is 2.46. The van der Waals surface area contributed by atoms with E-state index in [0.717, 1.165) is 24.8 Å². The predicted octanol–water partition coefficient (Wildman–Crippen LogP) is 2.91. The molecule has 0 amide bonds. The highest BCUT2D eigenvalue weighted by molar-refractivity contribution is 7.89. The molecule has 3 atom stereocenters. The van der Waals surface area contributed by atoms with Gasteiger partial charge in [-0.2, -0.15) is 4.31 Å². The molecule has 1 aliphatic rings. The fraction of sp³-hybridized carbons (Fsp3) is 0.625. The maximum atomic E-state index is 12.9. The van der Waals surface area contributed by atoms with Crippen LogP contribution in [0.1, 0.15) is 51.6 Å². The average molecular weight is 310 g/mol. The fourth-order valence-electron chi connectivity index (χ4n) is 3.02. The molecule has 0 aliphatic carbocycles. The summed E-state index contributed by atoms with van der Waals surface area (Å²) in [5.41, 5.74) is 6.91. The van der Waals surface area contributed by atoms with Gasteiger partial charge in [-0.1, -0.05) is 26.0 Å². The Morgan fingerprint density at radius 3 is 2.71 bits per heavy atom. The predicted molar refractivity (Wildman–Crippen MR) is 85.4 cm³/mol. The summed E-state index contributed by atoms with van der Waals surface area (Å²) in [7, 11) is -3.42. The van der Waals surface area contributed by atoms with Crippen LogP contribution in [-0.4, -0.2) is 25.3 Å². The van der Waals surface area contributed by atoms with Gasteiger partial charge >= 0.3 is 0 Å². The molecule has 1 aliphatic heterocycles. The number of nitrogens with zero attached hydrogens (tertiary/aromatic N) is 1. The first-order valence-corrected chi connectivity index (χ1v) is 9.17. The molecule has 21 heavy (non-hydrogen) atoms. The first kappa shape index (κ1) is 16.5. The van der Waals surface area contributed by atoms with Crippen molar-refractivity contribution in [1.82, 2.24) is 4.31 Å². The van der Waals surface area contributed by atoms with Gasteiger partial charge < -0.3 is 5.73 Å². The van der Waals surface area contributed by atoms with Crippen LogP contribution in [0.3, 0.4) is 0 Å². The molecule has 2 N–H and O–H groups in total. The Morgan fingerprint density at radius 1 is 1.38 bits per heavy atom. The summed E-state index contributed by atoms with van der Waals surface area (Å²) in [6.45, 7) is 6.78. The van der Waals surface area contributed by atoms with Crippen LogP contribution >= 0.6 is 0 Å². The number of piperidine rings is 1. The Bertz CT molecular complexity index is 586. The lowest BCUT2D eigenvalue weighted by molar-refractivity contribution is 0.220. The van der Waals surface area contributed by atoms with Crippen LogP contribution in [-0.2, 0) is 10.0 Å². The first-order valence-electron chi connectivity index (χ1n) is 7.73. The number of benzene rings is 1. The number of rotatable bonds is 4. The Hall–Kier alpha value is -0.910. The van der Waals surface area contributed by atoms with E-state index in [1.165, 1.54) is 0 Å². The van der Waals surface area contributed by atoms with Gasteiger partial charge in [0, 0.05) is 18.6 Å². The lowest BCUT2D eigenvalue weighted by Crippen LogP contribution is -2.44. The van der Waals surface area contributed by atoms with Gasteiger partial charge in [0.05, 0.1) is 4.90 Å². The molecule has 4 nitrogen and oxygen atoms in total. The van der Waals surface area contributed by atoms with Crippen molar-refractivity contribution in [2.24, 2.45) is 11.7 Å². The van der Waals surface area contributed by atoms with Gasteiger partial charge in [-0.25, -0.2) is 8.42 Å². The largest absolute Gasteiger partial charge is 0.324 e. The van der Waals surface area contributed by atoms with Crippen LogP contribution in [0.4, 0.5) is 0 Å². The molecule has 0 saturated carbocycles. The van der Waals surface area contributed by atoms with Crippen LogP contribution in [0.5, 0.6) is 0 Å². The van der Waals surface area contributed by atoms with E-state index >= 15 is 0 Å². The van der Waals surface area contributed by atoms with E-state index in [1.807, 2.05) is 19.9 Å². The number of nitrogens with two attached hydrogens (primary N) is 1. The van der Waals surface area contributed by atoms with E-state index in [4.69, 9.17) is 5.73 Å². The van der Waals surface area contributed by atoms with Gasteiger partial charge in [0.25, 0.3) is 0 Å². The van der Waals surface area contributed by atoms with E-state index in [-0.39, 0.29) is 12.1 Å². The fourth-order valence-corrected chi connectivity index (χ4v) is 4.73. The van der Waals surface area contributed by atoms with E-state index in [2.05, 4.69) is 6.92 Å². The Morgan fingerprint density at radius 2 is 2.10 bits per heavy atom. The number of hydrogen-bond acceptors (Lipinski definition) is 3. The molecule has 118 valence electrons. The van der Waals surface area contributed by atoms with Gasteiger partial charge in [-0.05, 0) is 49.8 Å². The molecular formula is C16H26N2O2S. The van der Waals surface area contributed by atoms with E-state index < -0.39 is 10.0 Å². The van der Waals surface area contributed by atoms with Crippen molar-refractivity contribution in [1.29, 1.82) is 0 Å². The summed E-state index contributed by atoms with van der Waals surface area (Å²) < 4.78 is 27.3. The molecule has 1 fully saturated rings. The molecular weight excluding hydrogens is 284 g/mol. The van der Waals surface area contributed by atoms with Crippen LogP contribution in [0.2, 0.25) is 0 Å². The number of sulfonamides is 1. The van der Waals surface area contributed by atoms with Crippen LogP contribution in [0.25, 0.3) is 0 Å². The lowest BCUT2D eigenvalue weighted by atomic mass is 9.95. The van der Waals surface area contributed by atoms with Crippen molar-refractivity contribution in [2.75, 3.05) is 6.54 Å². The normalized spacial score (nSPS) is 25.7. The molecule has 3 unspecified atom stereocenters. The monoisotopic (exact) mass is 310 g/mol. The minimum absolute atomic E-state index is 0.0576. The van der Waals surface area contributed by atoms with Crippen molar-refractivity contribution in [2.45, 2.75) is 57.0 Å². The second-order valence-electron chi connectivity index (χ2n) is 6.18. The van der Waals surface area contributed by atoms with Gasteiger partial charge in [0.2, 0.25) is 10.0 Å². The van der Waals surface area contributed by atoms with Crippen molar-refractivity contribution < 1.29 is 8.42 Å². The molecule has 1 saturated heterocycles. The zero-order valence-corrected chi connectivity index (χ0v) is 13.9. The molecule has 1 aromatic rings. The van der Waals surface area contributed by atoms with Crippen LogP contribution < -0.4 is 5.73 Å². The van der Waals surface area contributed by atoms with Crippen molar-refractivity contribution in [3.8, 4) is 0 Å². The Labute approximate surface area is 128 Å². The van der Waals surface area contributed by atoms with Gasteiger partial charge in [0.1, 0.15) is 0 Å². The first-order chi connectivity index (χ1) is 9.86. The van der Waals surface area contributed by atoms with Crippen LogP contribution in [0.15, 0.2) is 29.2 Å². The summed E-state index contributed by atoms with van der Waals surface area (Å²) >= 11 is 0. The Kier molecular flexibility index (Phi) is 5.07. The molecule has 0 spiro atoms.